The topological polar surface area (TPSA) is 62.5 Å². The number of amides is 1. The zero-order chi connectivity index (χ0) is 13.7. The molecule has 0 bridgehead atoms. The van der Waals surface area contributed by atoms with Gasteiger partial charge in [-0.1, -0.05) is 6.07 Å². The Kier molecular flexibility index (Phi) is 4.54. The van der Waals surface area contributed by atoms with Gasteiger partial charge in [0.15, 0.2) is 0 Å². The van der Waals surface area contributed by atoms with Gasteiger partial charge in [-0.25, -0.2) is 0 Å². The van der Waals surface area contributed by atoms with Gasteiger partial charge < -0.3 is 14.8 Å². The quantitative estimate of drug-likeness (QED) is 0.825. The minimum absolute atomic E-state index is 0.126. The normalized spacial score (nSPS) is 12.7. The summed E-state index contributed by atoms with van der Waals surface area (Å²) in [7, 11) is 0. The first kappa shape index (κ1) is 13.6. The van der Waals surface area contributed by atoms with Crippen LogP contribution in [0.5, 0.6) is 0 Å². The first-order valence-corrected chi connectivity index (χ1v) is 6.77. The van der Waals surface area contributed by atoms with Gasteiger partial charge in [-0.2, -0.15) is 0 Å². The highest BCUT2D eigenvalue weighted by Gasteiger charge is 2.11. The van der Waals surface area contributed by atoms with Crippen molar-refractivity contribution in [2.75, 3.05) is 6.54 Å². The summed E-state index contributed by atoms with van der Waals surface area (Å²) in [4.78, 5) is 12.6. The standard InChI is InChI=1S/C14H15NO3S/c1-10-4-6-13(18-10)12(16)9-15-14(17)7-5-11-3-2-8-19-11/h2-8,12,16H,9H2,1H3,(H,15,17)/b7-5+/t12-/m0/s1. The van der Waals surface area contributed by atoms with Crippen molar-refractivity contribution in [2.45, 2.75) is 13.0 Å². The van der Waals surface area contributed by atoms with Crippen LogP contribution in [0, 0.1) is 6.92 Å². The second-order valence-corrected chi connectivity index (χ2v) is 5.04. The second kappa shape index (κ2) is 6.36. The van der Waals surface area contributed by atoms with Crippen molar-refractivity contribution in [1.82, 2.24) is 5.32 Å². The van der Waals surface area contributed by atoms with Crippen molar-refractivity contribution in [1.29, 1.82) is 0 Å². The minimum Gasteiger partial charge on any atom is -0.464 e. The molecule has 0 saturated heterocycles. The Bertz CT molecular complexity index is 557. The summed E-state index contributed by atoms with van der Waals surface area (Å²) in [6.45, 7) is 1.93. The number of aryl methyl sites for hydroxylation is 1. The van der Waals surface area contributed by atoms with Gasteiger partial charge in [0.25, 0.3) is 0 Å². The Labute approximate surface area is 115 Å². The van der Waals surface area contributed by atoms with Crippen molar-refractivity contribution in [3.05, 3.63) is 52.1 Å². The van der Waals surface area contributed by atoms with E-state index in [0.717, 1.165) is 10.6 Å². The number of hydrogen-bond donors (Lipinski definition) is 2. The Morgan fingerprint density at radius 2 is 2.37 bits per heavy atom. The summed E-state index contributed by atoms with van der Waals surface area (Å²) in [5.74, 6) is 0.953. The first-order chi connectivity index (χ1) is 9.15. The Morgan fingerprint density at radius 3 is 3.00 bits per heavy atom. The molecule has 100 valence electrons. The highest BCUT2D eigenvalue weighted by molar-refractivity contribution is 7.10. The van der Waals surface area contributed by atoms with Crippen LogP contribution in [0.3, 0.4) is 0 Å². The number of aliphatic hydroxyl groups is 1. The molecular weight excluding hydrogens is 262 g/mol. The summed E-state index contributed by atoms with van der Waals surface area (Å²) in [5, 5.41) is 14.4. The minimum atomic E-state index is -0.826. The van der Waals surface area contributed by atoms with E-state index >= 15 is 0 Å². The van der Waals surface area contributed by atoms with Gasteiger partial charge in [0, 0.05) is 11.0 Å². The largest absolute Gasteiger partial charge is 0.464 e. The van der Waals surface area contributed by atoms with Crippen LogP contribution < -0.4 is 5.32 Å². The highest BCUT2D eigenvalue weighted by Crippen LogP contribution is 2.15. The predicted molar refractivity (Wildman–Crippen MR) is 74.8 cm³/mol. The van der Waals surface area contributed by atoms with Crippen LogP contribution >= 0.6 is 11.3 Å². The molecule has 0 aliphatic carbocycles. The molecule has 0 aliphatic rings. The molecule has 19 heavy (non-hydrogen) atoms. The Hall–Kier alpha value is -1.85. The van der Waals surface area contributed by atoms with Crippen molar-refractivity contribution < 1.29 is 14.3 Å². The summed E-state index contributed by atoms with van der Waals surface area (Å²) in [6.07, 6.45) is 2.36. The molecule has 0 saturated carbocycles. The zero-order valence-electron chi connectivity index (χ0n) is 10.5. The molecule has 2 N–H and O–H groups in total. The van der Waals surface area contributed by atoms with E-state index in [1.807, 2.05) is 17.5 Å². The molecule has 1 atom stereocenters. The maximum atomic E-state index is 11.5. The zero-order valence-corrected chi connectivity index (χ0v) is 11.3. The van der Waals surface area contributed by atoms with E-state index in [0.29, 0.717) is 5.76 Å². The maximum absolute atomic E-state index is 11.5. The molecular formula is C14H15NO3S. The lowest BCUT2D eigenvalue weighted by Gasteiger charge is -2.07. The molecule has 0 spiro atoms. The summed E-state index contributed by atoms with van der Waals surface area (Å²) in [5.41, 5.74) is 0. The number of rotatable bonds is 5. The van der Waals surface area contributed by atoms with E-state index < -0.39 is 6.10 Å². The molecule has 1 amide bonds. The third-order valence-electron chi connectivity index (χ3n) is 2.50. The molecule has 0 fully saturated rings. The van der Waals surface area contributed by atoms with E-state index in [4.69, 9.17) is 4.42 Å². The van der Waals surface area contributed by atoms with Crippen LogP contribution in [0.1, 0.15) is 22.5 Å². The van der Waals surface area contributed by atoms with E-state index in [2.05, 4.69) is 5.32 Å². The molecule has 2 aromatic heterocycles. The van der Waals surface area contributed by atoms with Gasteiger partial charge in [-0.3, -0.25) is 4.79 Å². The molecule has 2 aromatic rings. The lowest BCUT2D eigenvalue weighted by Crippen LogP contribution is -2.26. The average molecular weight is 277 g/mol. The third kappa shape index (κ3) is 4.08. The first-order valence-electron chi connectivity index (χ1n) is 5.89. The van der Waals surface area contributed by atoms with Crippen LogP contribution in [-0.2, 0) is 4.79 Å². The molecule has 2 rings (SSSR count). The number of carbonyl (C=O) groups excluding carboxylic acids is 1. The van der Waals surface area contributed by atoms with Gasteiger partial charge in [-0.05, 0) is 36.6 Å². The maximum Gasteiger partial charge on any atom is 0.244 e. The predicted octanol–water partition coefficient (Wildman–Crippen LogP) is 2.51. The number of aliphatic hydroxyl groups excluding tert-OH is 1. The molecule has 0 unspecified atom stereocenters. The van der Waals surface area contributed by atoms with Gasteiger partial charge in [0.05, 0.1) is 6.54 Å². The van der Waals surface area contributed by atoms with Crippen LogP contribution in [0.4, 0.5) is 0 Å². The highest BCUT2D eigenvalue weighted by atomic mass is 32.1. The number of hydrogen-bond acceptors (Lipinski definition) is 4. The number of thiophene rings is 1. The van der Waals surface area contributed by atoms with Gasteiger partial charge >= 0.3 is 0 Å². The third-order valence-corrected chi connectivity index (χ3v) is 3.34. The van der Waals surface area contributed by atoms with Gasteiger partial charge in [0.2, 0.25) is 5.91 Å². The van der Waals surface area contributed by atoms with Crippen LogP contribution in [0.15, 0.2) is 40.1 Å². The van der Waals surface area contributed by atoms with Crippen molar-refractivity contribution in [3.8, 4) is 0 Å². The van der Waals surface area contributed by atoms with Gasteiger partial charge in [-0.15, -0.1) is 11.3 Å². The SMILES string of the molecule is Cc1ccc([C@@H](O)CNC(=O)/C=C/c2cccs2)o1. The van der Waals surface area contributed by atoms with E-state index in [1.165, 1.54) is 6.08 Å². The van der Waals surface area contributed by atoms with E-state index in [-0.39, 0.29) is 12.5 Å². The fourth-order valence-electron chi connectivity index (χ4n) is 1.53. The van der Waals surface area contributed by atoms with E-state index in [1.54, 1.807) is 36.5 Å². The molecule has 0 aromatic carbocycles. The van der Waals surface area contributed by atoms with Crippen LogP contribution in [0.2, 0.25) is 0 Å². The monoisotopic (exact) mass is 277 g/mol. The fourth-order valence-corrected chi connectivity index (χ4v) is 2.15. The smallest absolute Gasteiger partial charge is 0.244 e. The second-order valence-electron chi connectivity index (χ2n) is 4.06. The Balaban J connectivity index is 1.80. The number of nitrogens with one attached hydrogen (secondary N) is 1. The van der Waals surface area contributed by atoms with Crippen LogP contribution in [-0.4, -0.2) is 17.6 Å². The summed E-state index contributed by atoms with van der Waals surface area (Å²) < 4.78 is 5.28. The fraction of sp³-hybridized carbons (Fsp3) is 0.214. The molecule has 0 radical (unpaired) electrons. The number of furan rings is 1. The van der Waals surface area contributed by atoms with E-state index in [9.17, 15) is 9.90 Å². The lowest BCUT2D eigenvalue weighted by atomic mass is 10.2. The van der Waals surface area contributed by atoms with Crippen molar-refractivity contribution in [3.63, 3.8) is 0 Å². The summed E-state index contributed by atoms with van der Waals surface area (Å²) >= 11 is 1.56. The van der Waals surface area contributed by atoms with Gasteiger partial charge in [0.1, 0.15) is 17.6 Å². The summed E-state index contributed by atoms with van der Waals surface area (Å²) in [6, 6.07) is 7.32. The lowest BCUT2D eigenvalue weighted by molar-refractivity contribution is -0.116. The van der Waals surface area contributed by atoms with Crippen LogP contribution in [0.25, 0.3) is 6.08 Å². The van der Waals surface area contributed by atoms with Crippen molar-refractivity contribution in [2.24, 2.45) is 0 Å². The number of carbonyl (C=O) groups is 1. The Morgan fingerprint density at radius 1 is 1.53 bits per heavy atom. The molecule has 0 aliphatic heterocycles. The molecule has 4 nitrogen and oxygen atoms in total. The average Bonchev–Trinajstić information content (AvgIpc) is 3.04. The van der Waals surface area contributed by atoms with Crippen molar-refractivity contribution >= 4 is 23.3 Å². The molecule has 5 heteroatoms. The molecule has 2 heterocycles.